The lowest BCUT2D eigenvalue weighted by Gasteiger charge is -2.20. The van der Waals surface area contributed by atoms with Gasteiger partial charge in [0.25, 0.3) is 0 Å². The van der Waals surface area contributed by atoms with Gasteiger partial charge in [-0.1, -0.05) is 29.8 Å². The molecule has 0 aliphatic carbocycles. The molecule has 1 nitrogen and oxygen atoms in total. The normalized spacial score (nSPS) is 11.7. The van der Waals surface area contributed by atoms with Gasteiger partial charge in [-0.2, -0.15) is 0 Å². The van der Waals surface area contributed by atoms with Crippen molar-refractivity contribution in [2.75, 3.05) is 0 Å². The summed E-state index contributed by atoms with van der Waals surface area (Å²) in [5.41, 5.74) is 2.87. The minimum Gasteiger partial charge on any atom is -0.308 e. The largest absolute Gasteiger partial charge is 0.308 e. The number of nitrogens with one attached hydrogen (secondary N) is 1. The van der Waals surface area contributed by atoms with Crippen LogP contribution in [0.15, 0.2) is 24.3 Å². The predicted molar refractivity (Wildman–Crippen MR) is 57.8 cm³/mol. The van der Waals surface area contributed by atoms with E-state index in [0.29, 0.717) is 0 Å². The zero-order chi connectivity index (χ0) is 9.90. The minimum absolute atomic E-state index is 0.199. The van der Waals surface area contributed by atoms with Crippen molar-refractivity contribution < 1.29 is 0 Å². The van der Waals surface area contributed by atoms with Gasteiger partial charge in [-0.3, -0.25) is 0 Å². The molecule has 0 spiro atoms. The molecule has 0 unspecified atom stereocenters. The molecular formula is C12H19N. The third-order valence-electron chi connectivity index (χ3n) is 1.94. The zero-order valence-corrected chi connectivity index (χ0v) is 9.02. The number of hydrogen-bond acceptors (Lipinski definition) is 1. The molecule has 0 bridgehead atoms. The minimum atomic E-state index is 0.199. The predicted octanol–water partition coefficient (Wildman–Crippen LogP) is 2.88. The molecule has 0 saturated heterocycles. The Morgan fingerprint density at radius 3 is 2.08 bits per heavy atom. The maximum Gasteiger partial charge on any atom is 0.0210 e. The molecular weight excluding hydrogens is 158 g/mol. The molecule has 0 saturated carbocycles. The molecule has 0 fully saturated rings. The average molecular weight is 177 g/mol. The van der Waals surface area contributed by atoms with Gasteiger partial charge in [0.2, 0.25) is 0 Å². The SMILES string of the molecule is Cc1ccc(CNC(C)(C)C)cc1. The van der Waals surface area contributed by atoms with Crippen LogP contribution in [0, 0.1) is 6.92 Å². The molecule has 13 heavy (non-hydrogen) atoms. The molecule has 0 aliphatic rings. The first kappa shape index (κ1) is 10.3. The lowest BCUT2D eigenvalue weighted by molar-refractivity contribution is 0.424. The summed E-state index contributed by atoms with van der Waals surface area (Å²) in [5, 5.41) is 3.46. The number of hydrogen-bond donors (Lipinski definition) is 1. The first-order valence-corrected chi connectivity index (χ1v) is 4.78. The Hall–Kier alpha value is -0.820. The van der Waals surface area contributed by atoms with E-state index in [4.69, 9.17) is 0 Å². The Morgan fingerprint density at radius 1 is 1.08 bits per heavy atom. The van der Waals surface area contributed by atoms with E-state index >= 15 is 0 Å². The van der Waals surface area contributed by atoms with Crippen molar-refractivity contribution in [2.45, 2.75) is 39.8 Å². The van der Waals surface area contributed by atoms with Gasteiger partial charge in [-0.15, -0.1) is 0 Å². The van der Waals surface area contributed by atoms with Crippen molar-refractivity contribution in [3.63, 3.8) is 0 Å². The topological polar surface area (TPSA) is 12.0 Å². The molecule has 1 heteroatoms. The molecule has 72 valence electrons. The molecule has 1 aromatic carbocycles. The Kier molecular flexibility index (Phi) is 3.10. The van der Waals surface area contributed by atoms with E-state index in [0.717, 1.165) is 6.54 Å². The van der Waals surface area contributed by atoms with Crippen LogP contribution in [-0.4, -0.2) is 5.54 Å². The van der Waals surface area contributed by atoms with Crippen molar-refractivity contribution in [3.8, 4) is 0 Å². The van der Waals surface area contributed by atoms with Crippen LogP contribution in [-0.2, 0) is 6.54 Å². The van der Waals surface area contributed by atoms with Gasteiger partial charge in [0.1, 0.15) is 0 Å². The average Bonchev–Trinajstić information content (AvgIpc) is 2.02. The summed E-state index contributed by atoms with van der Waals surface area (Å²) in [5.74, 6) is 0. The van der Waals surface area contributed by atoms with Gasteiger partial charge in [-0.05, 0) is 33.3 Å². The first-order chi connectivity index (χ1) is 5.97. The fourth-order valence-corrected chi connectivity index (χ4v) is 1.07. The van der Waals surface area contributed by atoms with E-state index < -0.39 is 0 Å². The van der Waals surface area contributed by atoms with E-state index in [9.17, 15) is 0 Å². The second kappa shape index (κ2) is 3.93. The third-order valence-corrected chi connectivity index (χ3v) is 1.94. The van der Waals surface area contributed by atoms with Crippen LogP contribution >= 0.6 is 0 Å². The Morgan fingerprint density at radius 2 is 1.62 bits per heavy atom. The summed E-state index contributed by atoms with van der Waals surface area (Å²) in [6.07, 6.45) is 0. The molecule has 1 N–H and O–H groups in total. The van der Waals surface area contributed by atoms with Crippen LogP contribution in [0.2, 0.25) is 0 Å². The maximum absolute atomic E-state index is 3.46. The van der Waals surface area contributed by atoms with Crippen LogP contribution in [0.25, 0.3) is 0 Å². The smallest absolute Gasteiger partial charge is 0.0210 e. The highest BCUT2D eigenvalue weighted by Gasteiger charge is 2.07. The quantitative estimate of drug-likeness (QED) is 0.732. The van der Waals surface area contributed by atoms with Gasteiger partial charge in [0, 0.05) is 12.1 Å². The second-order valence-electron chi connectivity index (χ2n) is 4.59. The molecule has 0 amide bonds. The van der Waals surface area contributed by atoms with Crippen LogP contribution in [0.1, 0.15) is 31.9 Å². The maximum atomic E-state index is 3.46. The number of rotatable bonds is 2. The van der Waals surface area contributed by atoms with Crippen molar-refractivity contribution in [1.29, 1.82) is 0 Å². The molecule has 0 atom stereocenters. The molecule has 1 rings (SSSR count). The van der Waals surface area contributed by atoms with Crippen molar-refractivity contribution in [2.24, 2.45) is 0 Å². The fourth-order valence-electron chi connectivity index (χ4n) is 1.07. The molecule has 0 radical (unpaired) electrons. The Balaban J connectivity index is 2.51. The number of aryl methyl sites for hydroxylation is 1. The monoisotopic (exact) mass is 177 g/mol. The van der Waals surface area contributed by atoms with E-state index in [1.54, 1.807) is 0 Å². The summed E-state index contributed by atoms with van der Waals surface area (Å²) in [6.45, 7) is 9.61. The highest BCUT2D eigenvalue weighted by atomic mass is 14.9. The van der Waals surface area contributed by atoms with Gasteiger partial charge < -0.3 is 5.32 Å². The summed E-state index contributed by atoms with van der Waals surface area (Å²) in [6, 6.07) is 8.65. The van der Waals surface area contributed by atoms with E-state index in [1.807, 2.05) is 0 Å². The zero-order valence-electron chi connectivity index (χ0n) is 9.02. The number of benzene rings is 1. The van der Waals surface area contributed by atoms with Crippen molar-refractivity contribution in [1.82, 2.24) is 5.32 Å². The van der Waals surface area contributed by atoms with E-state index in [-0.39, 0.29) is 5.54 Å². The Bertz CT molecular complexity index is 253. The van der Waals surface area contributed by atoms with E-state index in [2.05, 4.69) is 57.3 Å². The molecule has 0 heterocycles. The summed E-state index contributed by atoms with van der Waals surface area (Å²) in [7, 11) is 0. The molecule has 1 aromatic rings. The second-order valence-corrected chi connectivity index (χ2v) is 4.59. The van der Waals surface area contributed by atoms with Crippen LogP contribution < -0.4 is 5.32 Å². The van der Waals surface area contributed by atoms with Gasteiger partial charge in [0.15, 0.2) is 0 Å². The van der Waals surface area contributed by atoms with Crippen molar-refractivity contribution in [3.05, 3.63) is 35.4 Å². The van der Waals surface area contributed by atoms with Crippen molar-refractivity contribution >= 4 is 0 Å². The van der Waals surface area contributed by atoms with Gasteiger partial charge in [0.05, 0.1) is 0 Å². The Labute approximate surface area is 81.2 Å². The standard InChI is InChI=1S/C12H19N/c1-10-5-7-11(8-6-10)9-13-12(2,3)4/h5-8,13H,9H2,1-4H3. The summed E-state index contributed by atoms with van der Waals surface area (Å²) in [4.78, 5) is 0. The highest BCUT2D eigenvalue weighted by molar-refractivity contribution is 5.21. The van der Waals surface area contributed by atoms with Gasteiger partial charge >= 0.3 is 0 Å². The van der Waals surface area contributed by atoms with Crippen LogP contribution in [0.3, 0.4) is 0 Å². The van der Waals surface area contributed by atoms with Gasteiger partial charge in [-0.25, -0.2) is 0 Å². The van der Waals surface area contributed by atoms with Crippen LogP contribution in [0.5, 0.6) is 0 Å². The third kappa shape index (κ3) is 4.09. The molecule has 0 aromatic heterocycles. The fraction of sp³-hybridized carbons (Fsp3) is 0.500. The lowest BCUT2D eigenvalue weighted by atomic mass is 10.1. The first-order valence-electron chi connectivity index (χ1n) is 4.78. The molecule has 0 aliphatic heterocycles. The summed E-state index contributed by atoms with van der Waals surface area (Å²) >= 11 is 0. The lowest BCUT2D eigenvalue weighted by Crippen LogP contribution is -2.35. The van der Waals surface area contributed by atoms with E-state index in [1.165, 1.54) is 11.1 Å². The van der Waals surface area contributed by atoms with Crippen LogP contribution in [0.4, 0.5) is 0 Å². The summed E-state index contributed by atoms with van der Waals surface area (Å²) < 4.78 is 0. The highest BCUT2D eigenvalue weighted by Crippen LogP contribution is 2.05.